The van der Waals surface area contributed by atoms with Gasteiger partial charge in [0, 0.05) is 13.1 Å². The molecule has 0 spiro atoms. The summed E-state index contributed by atoms with van der Waals surface area (Å²) in [6.07, 6.45) is -0.575. The molecule has 1 aromatic rings. The van der Waals surface area contributed by atoms with E-state index in [1.165, 1.54) is 0 Å². The van der Waals surface area contributed by atoms with Crippen molar-refractivity contribution in [2.45, 2.75) is 26.5 Å². The molecule has 23 heavy (non-hydrogen) atoms. The van der Waals surface area contributed by atoms with E-state index in [0.29, 0.717) is 26.3 Å². The predicted octanol–water partition coefficient (Wildman–Crippen LogP) is 1.80. The molecule has 1 aliphatic heterocycles. The van der Waals surface area contributed by atoms with Crippen molar-refractivity contribution in [1.82, 2.24) is 10.2 Å². The third kappa shape index (κ3) is 5.25. The zero-order valence-electron chi connectivity index (χ0n) is 13.7. The molecule has 1 N–H and O–H groups in total. The summed E-state index contributed by atoms with van der Waals surface area (Å²) in [6.45, 7) is 6.18. The number of hydrogen-bond acceptors (Lipinski definition) is 4. The molecule has 6 heteroatoms. The Morgan fingerprint density at radius 2 is 1.87 bits per heavy atom. The number of hydrogen-bond donors (Lipinski definition) is 1. The number of carbonyl (C=O) groups is 2. The fraction of sp³-hybridized carbons (Fsp3) is 0.529. The molecule has 0 aromatic heterocycles. The van der Waals surface area contributed by atoms with E-state index in [9.17, 15) is 9.59 Å². The van der Waals surface area contributed by atoms with Gasteiger partial charge in [-0.1, -0.05) is 44.2 Å². The zero-order chi connectivity index (χ0) is 16.7. The van der Waals surface area contributed by atoms with Crippen LogP contribution in [0, 0.1) is 5.92 Å². The smallest absolute Gasteiger partial charge is 0.408 e. The summed E-state index contributed by atoms with van der Waals surface area (Å²) in [5, 5.41) is 2.69. The van der Waals surface area contributed by atoms with Crippen LogP contribution in [0.4, 0.5) is 4.79 Å². The normalized spacial score (nSPS) is 16.0. The maximum absolute atomic E-state index is 12.5. The molecule has 126 valence electrons. The molecule has 0 unspecified atom stereocenters. The molecule has 0 radical (unpaired) electrons. The summed E-state index contributed by atoms with van der Waals surface area (Å²) >= 11 is 0. The van der Waals surface area contributed by atoms with Crippen LogP contribution in [0.3, 0.4) is 0 Å². The molecule has 0 aliphatic carbocycles. The van der Waals surface area contributed by atoms with Crippen LogP contribution in [0.1, 0.15) is 19.4 Å². The Kier molecular flexibility index (Phi) is 6.40. The van der Waals surface area contributed by atoms with Gasteiger partial charge in [-0.05, 0) is 11.5 Å². The molecule has 0 saturated carbocycles. The van der Waals surface area contributed by atoms with E-state index >= 15 is 0 Å². The Bertz CT molecular complexity index is 513. The van der Waals surface area contributed by atoms with Gasteiger partial charge in [-0.2, -0.15) is 0 Å². The van der Waals surface area contributed by atoms with Crippen LogP contribution in [0.15, 0.2) is 30.3 Å². The Morgan fingerprint density at radius 3 is 2.48 bits per heavy atom. The standard InChI is InChI=1S/C17H24N2O4/c1-13(2)15(16(20)19-8-10-22-11-9-19)18-17(21)23-12-14-6-4-3-5-7-14/h3-7,13,15H,8-12H2,1-2H3,(H,18,21)/t15-/m0/s1. The van der Waals surface area contributed by atoms with Crippen LogP contribution < -0.4 is 5.32 Å². The number of ether oxygens (including phenoxy) is 2. The van der Waals surface area contributed by atoms with E-state index < -0.39 is 12.1 Å². The number of amides is 2. The number of morpholine rings is 1. The first-order valence-corrected chi connectivity index (χ1v) is 7.91. The first kappa shape index (κ1) is 17.3. The third-order valence-electron chi connectivity index (χ3n) is 3.74. The summed E-state index contributed by atoms with van der Waals surface area (Å²) in [4.78, 5) is 26.3. The van der Waals surface area contributed by atoms with Crippen molar-refractivity contribution in [3.8, 4) is 0 Å². The van der Waals surface area contributed by atoms with E-state index in [4.69, 9.17) is 9.47 Å². The average molecular weight is 320 g/mol. The molecule has 6 nitrogen and oxygen atoms in total. The van der Waals surface area contributed by atoms with Crippen LogP contribution in [-0.2, 0) is 20.9 Å². The van der Waals surface area contributed by atoms with Crippen molar-refractivity contribution in [3.63, 3.8) is 0 Å². The van der Waals surface area contributed by atoms with Crippen molar-refractivity contribution in [2.75, 3.05) is 26.3 Å². The van der Waals surface area contributed by atoms with E-state index in [1.807, 2.05) is 44.2 Å². The molecule has 1 heterocycles. The van der Waals surface area contributed by atoms with Crippen LogP contribution >= 0.6 is 0 Å². The SMILES string of the molecule is CC(C)[C@H](NC(=O)OCc1ccccc1)C(=O)N1CCOCC1. The third-order valence-corrected chi connectivity index (χ3v) is 3.74. The zero-order valence-corrected chi connectivity index (χ0v) is 13.7. The minimum Gasteiger partial charge on any atom is -0.445 e. The number of nitrogens with one attached hydrogen (secondary N) is 1. The lowest BCUT2D eigenvalue weighted by Gasteiger charge is -2.32. The van der Waals surface area contributed by atoms with Crippen LogP contribution in [0.2, 0.25) is 0 Å². The summed E-state index contributed by atoms with van der Waals surface area (Å²) in [5.74, 6) is -0.102. The van der Waals surface area contributed by atoms with Gasteiger partial charge in [-0.25, -0.2) is 4.79 Å². The van der Waals surface area contributed by atoms with Gasteiger partial charge in [-0.3, -0.25) is 4.79 Å². The lowest BCUT2D eigenvalue weighted by atomic mass is 10.0. The first-order chi connectivity index (χ1) is 11.1. The molecule has 1 aromatic carbocycles. The molecular formula is C17H24N2O4. The number of rotatable bonds is 5. The largest absolute Gasteiger partial charge is 0.445 e. The Balaban J connectivity index is 1.87. The van der Waals surface area contributed by atoms with Gasteiger partial charge in [0.2, 0.25) is 5.91 Å². The van der Waals surface area contributed by atoms with Gasteiger partial charge >= 0.3 is 6.09 Å². The van der Waals surface area contributed by atoms with Gasteiger partial charge in [0.25, 0.3) is 0 Å². The fourth-order valence-electron chi connectivity index (χ4n) is 2.39. The van der Waals surface area contributed by atoms with Crippen molar-refractivity contribution in [1.29, 1.82) is 0 Å². The van der Waals surface area contributed by atoms with Crippen LogP contribution in [-0.4, -0.2) is 49.2 Å². The van der Waals surface area contributed by atoms with E-state index in [-0.39, 0.29) is 18.4 Å². The highest BCUT2D eigenvalue weighted by atomic mass is 16.5. The van der Waals surface area contributed by atoms with E-state index in [0.717, 1.165) is 5.56 Å². The second kappa shape index (κ2) is 8.53. The number of nitrogens with zero attached hydrogens (tertiary/aromatic N) is 1. The Hall–Kier alpha value is -2.08. The van der Waals surface area contributed by atoms with Crippen molar-refractivity contribution in [2.24, 2.45) is 5.92 Å². The molecule has 1 saturated heterocycles. The molecule has 0 bridgehead atoms. The average Bonchev–Trinajstić information content (AvgIpc) is 2.58. The second-order valence-corrected chi connectivity index (χ2v) is 5.87. The molecule has 1 aliphatic rings. The number of benzene rings is 1. The lowest BCUT2D eigenvalue weighted by molar-refractivity contribution is -0.138. The maximum Gasteiger partial charge on any atom is 0.408 e. The number of alkyl carbamates (subject to hydrolysis) is 1. The molecular weight excluding hydrogens is 296 g/mol. The van der Waals surface area contributed by atoms with Crippen molar-refractivity contribution >= 4 is 12.0 Å². The second-order valence-electron chi connectivity index (χ2n) is 5.87. The van der Waals surface area contributed by atoms with Crippen LogP contribution in [0.5, 0.6) is 0 Å². The highest BCUT2D eigenvalue weighted by molar-refractivity contribution is 5.86. The summed E-state index contributed by atoms with van der Waals surface area (Å²) < 4.78 is 10.5. The van der Waals surface area contributed by atoms with Crippen molar-refractivity contribution in [3.05, 3.63) is 35.9 Å². The minimum atomic E-state index is -0.587. The maximum atomic E-state index is 12.5. The van der Waals surface area contributed by atoms with Gasteiger partial charge in [-0.15, -0.1) is 0 Å². The molecule has 1 atom stereocenters. The Morgan fingerprint density at radius 1 is 1.22 bits per heavy atom. The first-order valence-electron chi connectivity index (χ1n) is 7.91. The van der Waals surface area contributed by atoms with Gasteiger partial charge in [0.15, 0.2) is 0 Å². The highest BCUT2D eigenvalue weighted by Crippen LogP contribution is 2.09. The summed E-state index contributed by atoms with van der Waals surface area (Å²) in [7, 11) is 0. The van der Waals surface area contributed by atoms with E-state index in [2.05, 4.69) is 5.32 Å². The predicted molar refractivity (Wildman–Crippen MR) is 85.8 cm³/mol. The monoisotopic (exact) mass is 320 g/mol. The molecule has 1 fully saturated rings. The van der Waals surface area contributed by atoms with Crippen LogP contribution in [0.25, 0.3) is 0 Å². The van der Waals surface area contributed by atoms with Gasteiger partial charge < -0.3 is 19.7 Å². The lowest BCUT2D eigenvalue weighted by Crippen LogP contribution is -2.53. The fourth-order valence-corrected chi connectivity index (χ4v) is 2.39. The quantitative estimate of drug-likeness (QED) is 0.898. The summed E-state index contributed by atoms with van der Waals surface area (Å²) in [6, 6.07) is 8.85. The number of carbonyl (C=O) groups excluding carboxylic acids is 2. The van der Waals surface area contributed by atoms with Gasteiger partial charge in [0.05, 0.1) is 13.2 Å². The van der Waals surface area contributed by atoms with Gasteiger partial charge in [0.1, 0.15) is 12.6 Å². The summed E-state index contributed by atoms with van der Waals surface area (Å²) in [5.41, 5.74) is 0.906. The Labute approximate surface area is 136 Å². The highest BCUT2D eigenvalue weighted by Gasteiger charge is 2.29. The molecule has 2 amide bonds. The minimum absolute atomic E-state index is 0.0189. The molecule has 2 rings (SSSR count). The van der Waals surface area contributed by atoms with E-state index in [1.54, 1.807) is 4.90 Å². The topological polar surface area (TPSA) is 67.9 Å². The van der Waals surface area contributed by atoms with Crippen molar-refractivity contribution < 1.29 is 19.1 Å².